The first-order valence-corrected chi connectivity index (χ1v) is 9.97. The molecule has 0 aliphatic rings. The van der Waals surface area contributed by atoms with Gasteiger partial charge in [0.15, 0.2) is 6.61 Å². The third kappa shape index (κ3) is 5.35. The van der Waals surface area contributed by atoms with E-state index in [9.17, 15) is 9.59 Å². The van der Waals surface area contributed by atoms with Crippen LogP contribution in [-0.4, -0.2) is 25.6 Å². The molecule has 2 rings (SSSR count). The molecule has 0 aromatic heterocycles. The van der Waals surface area contributed by atoms with Gasteiger partial charge >= 0.3 is 5.97 Å². The Kier molecular flexibility index (Phi) is 7.63. The number of para-hydroxylation sites is 1. The fourth-order valence-electron chi connectivity index (χ4n) is 2.87. The topological polar surface area (TPSA) is 64.6 Å². The van der Waals surface area contributed by atoms with Gasteiger partial charge in [0.1, 0.15) is 5.75 Å². The van der Waals surface area contributed by atoms with Crippen molar-refractivity contribution in [2.45, 2.75) is 39.5 Å². The zero-order valence-electron chi connectivity index (χ0n) is 16.8. The fourth-order valence-corrected chi connectivity index (χ4v) is 3.28. The van der Waals surface area contributed by atoms with Crippen LogP contribution in [0.15, 0.2) is 40.9 Å². The Labute approximate surface area is 174 Å². The van der Waals surface area contributed by atoms with E-state index in [4.69, 9.17) is 9.47 Å². The van der Waals surface area contributed by atoms with E-state index < -0.39 is 5.97 Å². The predicted molar refractivity (Wildman–Crippen MR) is 114 cm³/mol. The van der Waals surface area contributed by atoms with Crippen molar-refractivity contribution in [2.75, 3.05) is 19.0 Å². The summed E-state index contributed by atoms with van der Waals surface area (Å²) in [5.41, 5.74) is 3.22. The second kappa shape index (κ2) is 9.73. The van der Waals surface area contributed by atoms with Crippen molar-refractivity contribution in [3.05, 3.63) is 57.6 Å². The highest BCUT2D eigenvalue weighted by atomic mass is 79.9. The molecule has 1 N–H and O–H groups in total. The van der Waals surface area contributed by atoms with Crippen LogP contribution >= 0.6 is 15.9 Å². The number of halogens is 1. The summed E-state index contributed by atoms with van der Waals surface area (Å²) >= 11 is 3.32. The molecule has 2 aromatic rings. The molecule has 0 saturated carbocycles. The number of hydrogen-bond donors (Lipinski definition) is 1. The van der Waals surface area contributed by atoms with Gasteiger partial charge in [-0.1, -0.05) is 45.9 Å². The molecule has 0 saturated heterocycles. The van der Waals surface area contributed by atoms with Crippen LogP contribution in [0.3, 0.4) is 0 Å². The number of hydrogen-bond acceptors (Lipinski definition) is 4. The summed E-state index contributed by atoms with van der Waals surface area (Å²) in [5, 5.41) is 2.93. The summed E-state index contributed by atoms with van der Waals surface area (Å²) in [7, 11) is 1.52. The minimum atomic E-state index is -0.595. The SMILES string of the molecule is COc1ccc(Br)c(C(=O)OCC(=O)Nc2c(C(C)C)cccc2C(C)C)c1. The Morgan fingerprint density at radius 1 is 1.04 bits per heavy atom. The van der Waals surface area contributed by atoms with Crippen LogP contribution in [0, 0.1) is 0 Å². The zero-order chi connectivity index (χ0) is 20.8. The number of amides is 1. The Morgan fingerprint density at radius 2 is 1.64 bits per heavy atom. The Bertz CT molecular complexity index is 835. The number of methoxy groups -OCH3 is 1. The summed E-state index contributed by atoms with van der Waals surface area (Å²) in [5.74, 6) is 0.0742. The molecule has 2 aromatic carbocycles. The van der Waals surface area contributed by atoms with Crippen LogP contribution in [0.25, 0.3) is 0 Å². The molecule has 5 nitrogen and oxygen atoms in total. The summed E-state index contributed by atoms with van der Waals surface area (Å²) in [6, 6.07) is 11.0. The summed E-state index contributed by atoms with van der Waals surface area (Å²) in [6.07, 6.45) is 0. The number of carbonyl (C=O) groups excluding carboxylic acids is 2. The minimum absolute atomic E-state index is 0.254. The lowest BCUT2D eigenvalue weighted by molar-refractivity contribution is -0.119. The van der Waals surface area contributed by atoms with Gasteiger partial charge in [-0.2, -0.15) is 0 Å². The third-order valence-electron chi connectivity index (χ3n) is 4.37. The molecule has 0 radical (unpaired) electrons. The maximum atomic E-state index is 12.5. The van der Waals surface area contributed by atoms with Crippen molar-refractivity contribution in [3.63, 3.8) is 0 Å². The van der Waals surface area contributed by atoms with Crippen molar-refractivity contribution in [2.24, 2.45) is 0 Å². The molecule has 1 amide bonds. The molecule has 150 valence electrons. The van der Waals surface area contributed by atoms with Crippen LogP contribution in [0.5, 0.6) is 5.75 Å². The van der Waals surface area contributed by atoms with Gasteiger partial charge in [-0.25, -0.2) is 4.79 Å². The van der Waals surface area contributed by atoms with Crippen LogP contribution in [0.4, 0.5) is 5.69 Å². The summed E-state index contributed by atoms with van der Waals surface area (Å²) in [6.45, 7) is 7.95. The van der Waals surface area contributed by atoms with Gasteiger partial charge in [-0.05, 0) is 57.1 Å². The summed E-state index contributed by atoms with van der Waals surface area (Å²) < 4.78 is 10.9. The maximum absolute atomic E-state index is 12.5. The van der Waals surface area contributed by atoms with E-state index in [0.29, 0.717) is 15.8 Å². The monoisotopic (exact) mass is 447 g/mol. The van der Waals surface area contributed by atoms with Crippen LogP contribution in [0.2, 0.25) is 0 Å². The van der Waals surface area contributed by atoms with Gasteiger partial charge in [0.2, 0.25) is 0 Å². The normalized spacial score (nSPS) is 10.9. The molecular formula is C22H26BrNO4. The highest BCUT2D eigenvalue weighted by molar-refractivity contribution is 9.10. The molecule has 0 bridgehead atoms. The highest BCUT2D eigenvalue weighted by Gasteiger charge is 2.18. The van der Waals surface area contributed by atoms with E-state index in [1.807, 2.05) is 18.2 Å². The molecule has 28 heavy (non-hydrogen) atoms. The van der Waals surface area contributed by atoms with Gasteiger partial charge in [-0.3, -0.25) is 4.79 Å². The van der Waals surface area contributed by atoms with Crippen molar-refractivity contribution in [1.82, 2.24) is 0 Å². The van der Waals surface area contributed by atoms with Gasteiger partial charge in [0.25, 0.3) is 5.91 Å². The molecule has 0 aliphatic carbocycles. The van der Waals surface area contributed by atoms with Crippen molar-refractivity contribution in [1.29, 1.82) is 0 Å². The van der Waals surface area contributed by atoms with E-state index in [1.54, 1.807) is 18.2 Å². The zero-order valence-corrected chi connectivity index (χ0v) is 18.4. The fraction of sp³-hybridized carbons (Fsp3) is 0.364. The average molecular weight is 448 g/mol. The van der Waals surface area contributed by atoms with Gasteiger partial charge in [-0.15, -0.1) is 0 Å². The number of nitrogens with one attached hydrogen (secondary N) is 1. The van der Waals surface area contributed by atoms with Crippen molar-refractivity contribution < 1.29 is 19.1 Å². The minimum Gasteiger partial charge on any atom is -0.497 e. The van der Waals surface area contributed by atoms with E-state index in [2.05, 4.69) is 48.9 Å². The molecule has 0 spiro atoms. The quantitative estimate of drug-likeness (QED) is 0.568. The van der Waals surface area contributed by atoms with Crippen molar-refractivity contribution >= 4 is 33.5 Å². The summed E-state index contributed by atoms with van der Waals surface area (Å²) in [4.78, 5) is 24.8. The van der Waals surface area contributed by atoms with Crippen molar-refractivity contribution in [3.8, 4) is 5.75 Å². The van der Waals surface area contributed by atoms with Gasteiger partial charge in [0, 0.05) is 10.2 Å². The lowest BCUT2D eigenvalue weighted by atomic mass is 9.92. The van der Waals surface area contributed by atoms with E-state index in [-0.39, 0.29) is 24.3 Å². The van der Waals surface area contributed by atoms with E-state index >= 15 is 0 Å². The number of ether oxygens (including phenoxy) is 2. The van der Waals surface area contributed by atoms with Gasteiger partial charge < -0.3 is 14.8 Å². The maximum Gasteiger partial charge on any atom is 0.339 e. The molecule has 6 heteroatoms. The third-order valence-corrected chi connectivity index (χ3v) is 5.06. The Morgan fingerprint density at radius 3 is 2.18 bits per heavy atom. The Hall–Kier alpha value is -2.34. The molecule has 0 aliphatic heterocycles. The van der Waals surface area contributed by atoms with Crippen LogP contribution in [-0.2, 0) is 9.53 Å². The lowest BCUT2D eigenvalue weighted by Crippen LogP contribution is -2.23. The first-order chi connectivity index (χ1) is 13.2. The first kappa shape index (κ1) is 22.0. The molecule has 0 unspecified atom stereocenters. The van der Waals surface area contributed by atoms with Gasteiger partial charge in [0.05, 0.1) is 12.7 Å². The molecule has 0 fully saturated rings. The highest BCUT2D eigenvalue weighted by Crippen LogP contribution is 2.32. The largest absolute Gasteiger partial charge is 0.497 e. The molecule has 0 atom stereocenters. The average Bonchev–Trinajstić information content (AvgIpc) is 2.66. The molecule has 0 heterocycles. The number of anilines is 1. The number of rotatable bonds is 7. The standard InChI is InChI=1S/C22H26BrNO4/c1-13(2)16-7-6-8-17(14(3)4)21(16)24-20(25)12-28-22(26)18-11-15(27-5)9-10-19(18)23/h6-11,13-14H,12H2,1-5H3,(H,24,25). The van der Waals surface area contributed by atoms with Crippen LogP contribution < -0.4 is 10.1 Å². The smallest absolute Gasteiger partial charge is 0.339 e. The van der Waals surface area contributed by atoms with E-state index in [0.717, 1.165) is 16.8 Å². The second-order valence-electron chi connectivity index (χ2n) is 7.09. The number of esters is 1. The predicted octanol–water partition coefficient (Wildman–Crippen LogP) is 5.50. The lowest BCUT2D eigenvalue weighted by Gasteiger charge is -2.20. The van der Waals surface area contributed by atoms with E-state index in [1.165, 1.54) is 7.11 Å². The first-order valence-electron chi connectivity index (χ1n) is 9.17. The van der Waals surface area contributed by atoms with Crippen LogP contribution in [0.1, 0.15) is 61.0 Å². The second-order valence-corrected chi connectivity index (χ2v) is 7.95. The Balaban J connectivity index is 2.12. The number of carbonyl (C=O) groups is 2. The number of benzene rings is 2. The molecular weight excluding hydrogens is 422 g/mol.